The van der Waals surface area contributed by atoms with Gasteiger partial charge in [-0.3, -0.25) is 0 Å². The van der Waals surface area contributed by atoms with Crippen LogP contribution >= 0.6 is 0 Å². The van der Waals surface area contributed by atoms with Crippen LogP contribution in [0.4, 0.5) is 0 Å². The molecular formula is C11H25NO3S. The maximum Gasteiger partial charge on any atom is 0.151 e. The van der Waals surface area contributed by atoms with Gasteiger partial charge in [-0.2, -0.15) is 0 Å². The van der Waals surface area contributed by atoms with Crippen LogP contribution in [0.1, 0.15) is 33.1 Å². The highest BCUT2D eigenvalue weighted by Gasteiger charge is 2.10. The summed E-state index contributed by atoms with van der Waals surface area (Å²) in [6.45, 7) is 5.27. The first-order valence-corrected chi connectivity index (χ1v) is 7.76. The zero-order valence-electron chi connectivity index (χ0n) is 10.7. The molecule has 16 heavy (non-hydrogen) atoms. The standard InChI is InChI=1S/C11H25NO3S/c1-4-6-11(2)12-7-10-16(13,14)9-5-8-15-3/h11-12H,4-10H2,1-3H3. The molecule has 0 amide bonds. The zero-order chi connectivity index (χ0) is 12.4. The number of sulfone groups is 1. The maximum absolute atomic E-state index is 11.5. The number of rotatable bonds is 10. The average molecular weight is 251 g/mol. The molecule has 0 saturated heterocycles. The Balaban J connectivity index is 3.65. The molecule has 0 heterocycles. The lowest BCUT2D eigenvalue weighted by Crippen LogP contribution is -2.31. The monoisotopic (exact) mass is 251 g/mol. The Morgan fingerprint density at radius 2 is 2.00 bits per heavy atom. The van der Waals surface area contributed by atoms with E-state index < -0.39 is 9.84 Å². The molecule has 0 spiro atoms. The highest BCUT2D eigenvalue weighted by atomic mass is 32.2. The molecule has 5 heteroatoms. The van der Waals surface area contributed by atoms with Crippen molar-refractivity contribution >= 4 is 9.84 Å². The molecule has 0 aromatic heterocycles. The molecule has 1 atom stereocenters. The van der Waals surface area contributed by atoms with Crippen molar-refractivity contribution in [3.8, 4) is 0 Å². The fourth-order valence-corrected chi connectivity index (χ4v) is 2.71. The van der Waals surface area contributed by atoms with Crippen molar-refractivity contribution in [3.63, 3.8) is 0 Å². The molecule has 0 radical (unpaired) electrons. The predicted molar refractivity (Wildman–Crippen MR) is 67.5 cm³/mol. The molecule has 98 valence electrons. The molecular weight excluding hydrogens is 226 g/mol. The van der Waals surface area contributed by atoms with Crippen LogP contribution in [0.5, 0.6) is 0 Å². The Morgan fingerprint density at radius 1 is 1.31 bits per heavy atom. The molecule has 0 saturated carbocycles. The topological polar surface area (TPSA) is 55.4 Å². The molecule has 0 fully saturated rings. The summed E-state index contributed by atoms with van der Waals surface area (Å²) in [6, 6.07) is 0.402. The van der Waals surface area contributed by atoms with Gasteiger partial charge < -0.3 is 10.1 Å². The van der Waals surface area contributed by atoms with Crippen LogP contribution in [0, 0.1) is 0 Å². The van der Waals surface area contributed by atoms with Crippen molar-refractivity contribution in [3.05, 3.63) is 0 Å². The van der Waals surface area contributed by atoms with Gasteiger partial charge in [0, 0.05) is 26.3 Å². The van der Waals surface area contributed by atoms with Gasteiger partial charge in [-0.15, -0.1) is 0 Å². The molecule has 0 aromatic rings. The van der Waals surface area contributed by atoms with E-state index in [4.69, 9.17) is 4.74 Å². The van der Waals surface area contributed by atoms with Crippen LogP contribution in [-0.2, 0) is 14.6 Å². The van der Waals surface area contributed by atoms with E-state index in [1.807, 2.05) is 0 Å². The van der Waals surface area contributed by atoms with Crippen LogP contribution in [0.3, 0.4) is 0 Å². The number of hydrogen-bond donors (Lipinski definition) is 1. The second-order valence-corrected chi connectivity index (χ2v) is 6.45. The molecule has 4 nitrogen and oxygen atoms in total. The van der Waals surface area contributed by atoms with Gasteiger partial charge >= 0.3 is 0 Å². The summed E-state index contributed by atoms with van der Waals surface area (Å²) in [5, 5.41) is 3.22. The van der Waals surface area contributed by atoms with E-state index in [1.165, 1.54) is 0 Å². The molecule has 0 aliphatic heterocycles. The zero-order valence-corrected chi connectivity index (χ0v) is 11.5. The SMILES string of the molecule is CCCC(C)NCCS(=O)(=O)CCCOC. The summed E-state index contributed by atoms with van der Waals surface area (Å²) in [6.07, 6.45) is 2.79. The van der Waals surface area contributed by atoms with Gasteiger partial charge in [0.1, 0.15) is 0 Å². The molecule has 0 aliphatic rings. The highest BCUT2D eigenvalue weighted by molar-refractivity contribution is 7.91. The fraction of sp³-hybridized carbons (Fsp3) is 1.00. The van der Waals surface area contributed by atoms with Crippen LogP contribution in [0.2, 0.25) is 0 Å². The van der Waals surface area contributed by atoms with Gasteiger partial charge in [0.05, 0.1) is 11.5 Å². The van der Waals surface area contributed by atoms with Gasteiger partial charge in [-0.25, -0.2) is 8.42 Å². The van der Waals surface area contributed by atoms with Crippen molar-refractivity contribution in [2.45, 2.75) is 39.2 Å². The largest absolute Gasteiger partial charge is 0.385 e. The molecule has 1 unspecified atom stereocenters. The number of hydrogen-bond acceptors (Lipinski definition) is 4. The van der Waals surface area contributed by atoms with Gasteiger partial charge in [0.25, 0.3) is 0 Å². The van der Waals surface area contributed by atoms with E-state index in [1.54, 1.807) is 7.11 Å². The summed E-state index contributed by atoms with van der Waals surface area (Å²) in [4.78, 5) is 0. The smallest absolute Gasteiger partial charge is 0.151 e. The normalized spacial score (nSPS) is 13.9. The third-order valence-corrected chi connectivity index (χ3v) is 4.17. The summed E-state index contributed by atoms with van der Waals surface area (Å²) in [7, 11) is -1.32. The number of nitrogens with one attached hydrogen (secondary N) is 1. The minimum absolute atomic E-state index is 0.227. The van der Waals surface area contributed by atoms with E-state index in [9.17, 15) is 8.42 Å². The van der Waals surface area contributed by atoms with Crippen molar-refractivity contribution < 1.29 is 13.2 Å². The van der Waals surface area contributed by atoms with E-state index in [0.717, 1.165) is 12.8 Å². The summed E-state index contributed by atoms with van der Waals surface area (Å²) >= 11 is 0. The molecule has 1 N–H and O–H groups in total. The number of methoxy groups -OCH3 is 1. The minimum Gasteiger partial charge on any atom is -0.385 e. The van der Waals surface area contributed by atoms with Crippen LogP contribution in [0.15, 0.2) is 0 Å². The maximum atomic E-state index is 11.5. The second-order valence-electron chi connectivity index (χ2n) is 4.14. The van der Waals surface area contributed by atoms with Crippen LogP contribution < -0.4 is 5.32 Å². The fourth-order valence-electron chi connectivity index (χ4n) is 1.52. The molecule has 0 rings (SSSR count). The third kappa shape index (κ3) is 9.12. The first kappa shape index (κ1) is 15.9. The summed E-state index contributed by atoms with van der Waals surface area (Å²) in [5.74, 6) is 0.454. The van der Waals surface area contributed by atoms with Crippen molar-refractivity contribution in [1.82, 2.24) is 5.32 Å². The lowest BCUT2D eigenvalue weighted by atomic mass is 10.2. The van der Waals surface area contributed by atoms with Crippen molar-refractivity contribution in [1.29, 1.82) is 0 Å². The second kappa shape index (κ2) is 8.96. The molecule has 0 bridgehead atoms. The van der Waals surface area contributed by atoms with Crippen LogP contribution in [0.25, 0.3) is 0 Å². The molecule has 0 aliphatic carbocycles. The predicted octanol–water partition coefficient (Wildman–Crippen LogP) is 1.22. The first-order valence-electron chi connectivity index (χ1n) is 5.94. The Kier molecular flexibility index (Phi) is 8.89. The quantitative estimate of drug-likeness (QED) is 0.593. The van der Waals surface area contributed by atoms with E-state index >= 15 is 0 Å². The van der Waals surface area contributed by atoms with E-state index in [0.29, 0.717) is 25.6 Å². The minimum atomic E-state index is -2.91. The third-order valence-electron chi connectivity index (χ3n) is 2.43. The first-order chi connectivity index (χ1) is 7.52. The summed E-state index contributed by atoms with van der Waals surface area (Å²) in [5.41, 5.74) is 0. The lowest BCUT2D eigenvalue weighted by molar-refractivity contribution is 0.199. The van der Waals surface area contributed by atoms with Gasteiger partial charge in [0.2, 0.25) is 0 Å². The van der Waals surface area contributed by atoms with E-state index in [2.05, 4.69) is 19.2 Å². The number of ether oxygens (including phenoxy) is 1. The highest BCUT2D eigenvalue weighted by Crippen LogP contribution is 1.97. The van der Waals surface area contributed by atoms with Gasteiger partial charge in [-0.05, 0) is 19.8 Å². The van der Waals surface area contributed by atoms with Gasteiger partial charge in [-0.1, -0.05) is 13.3 Å². The molecule has 0 aromatic carbocycles. The average Bonchev–Trinajstić information content (AvgIpc) is 2.18. The van der Waals surface area contributed by atoms with Gasteiger partial charge in [0.15, 0.2) is 9.84 Å². The Labute approximate surface area is 99.7 Å². The van der Waals surface area contributed by atoms with Crippen molar-refractivity contribution in [2.75, 3.05) is 31.8 Å². The van der Waals surface area contributed by atoms with Crippen molar-refractivity contribution in [2.24, 2.45) is 0 Å². The van der Waals surface area contributed by atoms with Crippen LogP contribution in [-0.4, -0.2) is 46.2 Å². The Morgan fingerprint density at radius 3 is 2.56 bits per heavy atom. The van der Waals surface area contributed by atoms with E-state index in [-0.39, 0.29) is 11.5 Å². The Bertz CT molecular complexity index is 252. The lowest BCUT2D eigenvalue weighted by Gasteiger charge is -2.12. The summed E-state index contributed by atoms with van der Waals surface area (Å²) < 4.78 is 27.9. The Hall–Kier alpha value is -0.130.